The summed E-state index contributed by atoms with van der Waals surface area (Å²) in [7, 11) is 0. The molecule has 8 nitrogen and oxygen atoms in total. The Bertz CT molecular complexity index is 863. The minimum Gasteiger partial charge on any atom is -0.486 e. The van der Waals surface area contributed by atoms with Gasteiger partial charge < -0.3 is 10.1 Å². The molecule has 0 radical (unpaired) electrons. The summed E-state index contributed by atoms with van der Waals surface area (Å²) in [5.41, 5.74) is 1.46. The maximum Gasteiger partial charge on any atom is 0.251 e. The van der Waals surface area contributed by atoms with Crippen molar-refractivity contribution < 1.29 is 9.53 Å². The number of hydrogen-bond donors (Lipinski definition) is 1. The van der Waals surface area contributed by atoms with E-state index in [1.54, 1.807) is 41.3 Å². The van der Waals surface area contributed by atoms with E-state index in [-0.39, 0.29) is 18.6 Å². The Morgan fingerprint density at radius 3 is 2.92 bits per heavy atom. The molecule has 0 fully saturated rings. The van der Waals surface area contributed by atoms with Gasteiger partial charge in [0.25, 0.3) is 5.91 Å². The van der Waals surface area contributed by atoms with Crippen LogP contribution in [0.15, 0.2) is 48.8 Å². The summed E-state index contributed by atoms with van der Waals surface area (Å²) in [6, 6.07) is 10.9. The summed E-state index contributed by atoms with van der Waals surface area (Å²) in [5.74, 6) is 1.04. The van der Waals surface area contributed by atoms with Crippen LogP contribution in [-0.2, 0) is 13.2 Å². The fraction of sp³-hybridized carbons (Fsp3) is 0.278. The van der Waals surface area contributed by atoms with Gasteiger partial charge in [-0.15, -0.1) is 5.10 Å². The van der Waals surface area contributed by atoms with Crippen LogP contribution in [0.5, 0.6) is 5.75 Å². The first-order valence-corrected chi connectivity index (χ1v) is 8.30. The first kappa shape index (κ1) is 17.5. The van der Waals surface area contributed by atoms with Crippen molar-refractivity contribution in [1.29, 1.82) is 0 Å². The Labute approximate surface area is 151 Å². The number of amides is 1. The lowest BCUT2D eigenvalue weighted by Crippen LogP contribution is -2.22. The van der Waals surface area contributed by atoms with Crippen LogP contribution >= 0.6 is 0 Å². The number of rotatable bonds is 7. The van der Waals surface area contributed by atoms with Gasteiger partial charge in [-0.3, -0.25) is 9.78 Å². The molecule has 0 aliphatic rings. The van der Waals surface area contributed by atoms with E-state index in [1.165, 1.54) is 0 Å². The van der Waals surface area contributed by atoms with Gasteiger partial charge in [0.15, 0.2) is 5.82 Å². The Morgan fingerprint density at radius 2 is 2.15 bits per heavy atom. The van der Waals surface area contributed by atoms with Gasteiger partial charge in [0.05, 0.1) is 6.04 Å². The number of hydrogen-bond acceptors (Lipinski definition) is 6. The van der Waals surface area contributed by atoms with Gasteiger partial charge in [-0.1, -0.05) is 12.1 Å². The number of aromatic nitrogens is 5. The first-order chi connectivity index (χ1) is 12.6. The average molecular weight is 352 g/mol. The molecule has 26 heavy (non-hydrogen) atoms. The Balaban J connectivity index is 1.60. The zero-order valence-electron chi connectivity index (χ0n) is 14.7. The van der Waals surface area contributed by atoms with E-state index in [1.807, 2.05) is 26.0 Å². The molecule has 0 atom stereocenters. The molecule has 0 spiro atoms. The standard InChI is InChI=1S/C18H20N6O2/c1-13(2)24-17(21-22-23-24)12-26-16-7-3-6-15(9-16)18(25)20-11-14-5-4-8-19-10-14/h3-10,13H,11-12H2,1-2H3,(H,20,25). The van der Waals surface area contributed by atoms with Crippen molar-refractivity contribution in [3.05, 3.63) is 65.7 Å². The van der Waals surface area contributed by atoms with E-state index in [0.717, 1.165) is 5.56 Å². The van der Waals surface area contributed by atoms with Gasteiger partial charge in [0.1, 0.15) is 12.4 Å². The first-order valence-electron chi connectivity index (χ1n) is 8.30. The molecule has 0 bridgehead atoms. The lowest BCUT2D eigenvalue weighted by molar-refractivity contribution is 0.0950. The molecule has 0 aliphatic carbocycles. The van der Waals surface area contributed by atoms with Crippen molar-refractivity contribution in [3.63, 3.8) is 0 Å². The van der Waals surface area contributed by atoms with Crippen LogP contribution in [0.1, 0.15) is 41.6 Å². The molecule has 1 aromatic carbocycles. The molecule has 0 unspecified atom stereocenters. The maximum absolute atomic E-state index is 12.3. The van der Waals surface area contributed by atoms with Crippen molar-refractivity contribution >= 4 is 5.91 Å². The van der Waals surface area contributed by atoms with E-state index in [0.29, 0.717) is 23.7 Å². The molecule has 134 valence electrons. The number of pyridine rings is 1. The third kappa shape index (κ3) is 4.41. The van der Waals surface area contributed by atoms with Crippen molar-refractivity contribution in [2.24, 2.45) is 0 Å². The van der Waals surface area contributed by atoms with Crippen LogP contribution in [0, 0.1) is 0 Å². The maximum atomic E-state index is 12.3. The SMILES string of the molecule is CC(C)n1nnnc1COc1cccc(C(=O)NCc2cccnc2)c1. The van der Waals surface area contributed by atoms with E-state index in [2.05, 4.69) is 25.8 Å². The summed E-state index contributed by atoms with van der Waals surface area (Å²) in [6.07, 6.45) is 3.42. The van der Waals surface area contributed by atoms with E-state index < -0.39 is 0 Å². The highest BCUT2D eigenvalue weighted by Gasteiger charge is 2.11. The summed E-state index contributed by atoms with van der Waals surface area (Å²) in [4.78, 5) is 16.4. The molecular weight excluding hydrogens is 332 g/mol. The van der Waals surface area contributed by atoms with Gasteiger partial charge in [0.2, 0.25) is 0 Å². The highest BCUT2D eigenvalue weighted by Crippen LogP contribution is 2.15. The smallest absolute Gasteiger partial charge is 0.251 e. The Kier molecular flexibility index (Phi) is 5.52. The Morgan fingerprint density at radius 1 is 1.27 bits per heavy atom. The highest BCUT2D eigenvalue weighted by molar-refractivity contribution is 5.94. The second kappa shape index (κ2) is 8.19. The van der Waals surface area contributed by atoms with Crippen LogP contribution in [0.2, 0.25) is 0 Å². The lowest BCUT2D eigenvalue weighted by atomic mass is 10.2. The molecular formula is C18H20N6O2. The van der Waals surface area contributed by atoms with Gasteiger partial charge in [-0.2, -0.15) is 0 Å². The fourth-order valence-electron chi connectivity index (χ4n) is 2.37. The number of nitrogens with one attached hydrogen (secondary N) is 1. The fourth-order valence-corrected chi connectivity index (χ4v) is 2.37. The summed E-state index contributed by atoms with van der Waals surface area (Å²) in [5, 5.41) is 14.4. The summed E-state index contributed by atoms with van der Waals surface area (Å²) < 4.78 is 7.44. The molecule has 2 aromatic heterocycles. The number of carbonyl (C=O) groups is 1. The van der Waals surface area contributed by atoms with E-state index in [4.69, 9.17) is 4.74 Å². The predicted molar refractivity (Wildman–Crippen MR) is 94.4 cm³/mol. The summed E-state index contributed by atoms with van der Waals surface area (Å²) in [6.45, 7) is 4.63. The van der Waals surface area contributed by atoms with E-state index in [9.17, 15) is 4.79 Å². The molecule has 1 N–H and O–H groups in total. The van der Waals surface area contributed by atoms with Gasteiger partial charge >= 0.3 is 0 Å². The molecule has 2 heterocycles. The molecule has 8 heteroatoms. The normalized spacial score (nSPS) is 10.7. The second-order valence-corrected chi connectivity index (χ2v) is 5.99. The topological polar surface area (TPSA) is 94.8 Å². The average Bonchev–Trinajstić information content (AvgIpc) is 3.14. The van der Waals surface area contributed by atoms with Gasteiger partial charge in [0, 0.05) is 24.5 Å². The van der Waals surface area contributed by atoms with Crippen molar-refractivity contribution in [3.8, 4) is 5.75 Å². The third-order valence-electron chi connectivity index (χ3n) is 3.69. The second-order valence-electron chi connectivity index (χ2n) is 5.99. The van der Waals surface area contributed by atoms with E-state index >= 15 is 0 Å². The zero-order chi connectivity index (χ0) is 18.4. The van der Waals surface area contributed by atoms with Crippen molar-refractivity contribution in [2.75, 3.05) is 0 Å². The van der Waals surface area contributed by atoms with Crippen LogP contribution in [-0.4, -0.2) is 31.1 Å². The molecule has 3 aromatic rings. The van der Waals surface area contributed by atoms with Crippen LogP contribution < -0.4 is 10.1 Å². The molecule has 1 amide bonds. The minimum atomic E-state index is -0.175. The number of nitrogens with zero attached hydrogens (tertiary/aromatic N) is 5. The van der Waals surface area contributed by atoms with Crippen LogP contribution in [0.4, 0.5) is 0 Å². The molecule has 3 rings (SSSR count). The largest absolute Gasteiger partial charge is 0.486 e. The zero-order valence-corrected chi connectivity index (χ0v) is 14.7. The molecule has 0 saturated heterocycles. The quantitative estimate of drug-likeness (QED) is 0.700. The number of carbonyl (C=O) groups excluding carboxylic acids is 1. The van der Waals surface area contributed by atoms with Crippen molar-refractivity contribution in [1.82, 2.24) is 30.5 Å². The lowest BCUT2D eigenvalue weighted by Gasteiger charge is -2.10. The van der Waals surface area contributed by atoms with Crippen molar-refractivity contribution in [2.45, 2.75) is 33.0 Å². The van der Waals surface area contributed by atoms with Crippen LogP contribution in [0.25, 0.3) is 0 Å². The summed E-state index contributed by atoms with van der Waals surface area (Å²) >= 11 is 0. The molecule has 0 saturated carbocycles. The number of benzene rings is 1. The third-order valence-corrected chi connectivity index (χ3v) is 3.69. The minimum absolute atomic E-state index is 0.146. The highest BCUT2D eigenvalue weighted by atomic mass is 16.5. The predicted octanol–water partition coefficient (Wildman–Crippen LogP) is 2.16. The Hall–Kier alpha value is -3.29. The monoisotopic (exact) mass is 352 g/mol. The van der Waals surface area contributed by atoms with Gasteiger partial charge in [-0.05, 0) is 54.1 Å². The molecule has 0 aliphatic heterocycles. The number of ether oxygens (including phenoxy) is 1. The van der Waals surface area contributed by atoms with Gasteiger partial charge in [-0.25, -0.2) is 4.68 Å². The van der Waals surface area contributed by atoms with Crippen LogP contribution in [0.3, 0.4) is 0 Å². The number of tetrazole rings is 1.